The van der Waals surface area contributed by atoms with Crippen molar-refractivity contribution in [3.05, 3.63) is 17.0 Å². The zero-order valence-electron chi connectivity index (χ0n) is 14.2. The summed E-state index contributed by atoms with van der Waals surface area (Å²) >= 11 is 1.32. The van der Waals surface area contributed by atoms with E-state index in [1.165, 1.54) is 11.3 Å². The van der Waals surface area contributed by atoms with Crippen molar-refractivity contribution in [1.29, 1.82) is 0 Å². The molecule has 1 rings (SSSR count). The normalized spacial score (nSPS) is 13.0. The molecule has 1 amide bonds. The fourth-order valence-electron chi connectivity index (χ4n) is 1.97. The van der Waals surface area contributed by atoms with E-state index in [0.29, 0.717) is 17.2 Å². The van der Waals surface area contributed by atoms with Crippen molar-refractivity contribution in [3.63, 3.8) is 0 Å². The molecule has 0 saturated carbocycles. The van der Waals surface area contributed by atoms with Crippen molar-refractivity contribution in [2.45, 2.75) is 40.7 Å². The van der Waals surface area contributed by atoms with Gasteiger partial charge in [-0.3, -0.25) is 9.69 Å². The van der Waals surface area contributed by atoms with Crippen LogP contribution in [0.15, 0.2) is 11.4 Å². The Kier molecular flexibility index (Phi) is 6.56. The first-order valence-electron chi connectivity index (χ1n) is 7.41. The predicted octanol–water partition coefficient (Wildman–Crippen LogP) is 3.23. The van der Waals surface area contributed by atoms with Gasteiger partial charge < -0.3 is 10.1 Å². The molecule has 0 spiro atoms. The van der Waals surface area contributed by atoms with Gasteiger partial charge in [-0.15, -0.1) is 11.3 Å². The Bertz CT molecular complexity index is 520. The maximum absolute atomic E-state index is 12.2. The lowest BCUT2D eigenvalue weighted by Crippen LogP contribution is -2.43. The molecular formula is C16H26N2O3S. The average Bonchev–Trinajstić information content (AvgIpc) is 2.84. The number of nitrogens with zero attached hydrogens (tertiary/aromatic N) is 1. The summed E-state index contributed by atoms with van der Waals surface area (Å²) in [5.74, 6) is -0.540. The molecule has 1 heterocycles. The summed E-state index contributed by atoms with van der Waals surface area (Å²) in [6, 6.07) is 1.92. The number of carbonyl (C=O) groups excluding carboxylic acids is 2. The summed E-state index contributed by atoms with van der Waals surface area (Å²) in [6.45, 7) is 10.9. The van der Waals surface area contributed by atoms with Gasteiger partial charge in [0, 0.05) is 6.04 Å². The SMILES string of the molecule is CCOC(=O)c1ccsc1NC(=O)CN(C)C(C)C(C)(C)C. The number of anilines is 1. The summed E-state index contributed by atoms with van der Waals surface area (Å²) in [4.78, 5) is 26.0. The highest BCUT2D eigenvalue weighted by molar-refractivity contribution is 7.14. The van der Waals surface area contributed by atoms with Crippen LogP contribution in [0.25, 0.3) is 0 Å². The number of carbonyl (C=O) groups is 2. The second-order valence-electron chi connectivity index (χ2n) is 6.39. The standard InChI is InChI=1S/C16H26N2O3S/c1-7-21-15(20)12-8-9-22-14(12)17-13(19)10-18(6)11(2)16(3,4)5/h8-9,11H,7,10H2,1-6H3,(H,17,19). The van der Waals surface area contributed by atoms with Gasteiger partial charge in [-0.1, -0.05) is 20.8 Å². The largest absolute Gasteiger partial charge is 0.462 e. The van der Waals surface area contributed by atoms with E-state index in [0.717, 1.165) is 0 Å². The van der Waals surface area contributed by atoms with Crippen LogP contribution in [-0.4, -0.2) is 43.0 Å². The molecule has 6 heteroatoms. The van der Waals surface area contributed by atoms with Crippen LogP contribution in [0.3, 0.4) is 0 Å². The maximum atomic E-state index is 12.2. The van der Waals surface area contributed by atoms with Crippen LogP contribution in [0.4, 0.5) is 5.00 Å². The van der Waals surface area contributed by atoms with Gasteiger partial charge in [-0.05, 0) is 37.8 Å². The van der Waals surface area contributed by atoms with E-state index in [4.69, 9.17) is 4.74 Å². The van der Waals surface area contributed by atoms with Gasteiger partial charge in [-0.25, -0.2) is 4.79 Å². The third-order valence-electron chi connectivity index (χ3n) is 3.72. The Morgan fingerprint density at radius 3 is 2.59 bits per heavy atom. The van der Waals surface area contributed by atoms with Crippen molar-refractivity contribution >= 4 is 28.2 Å². The topological polar surface area (TPSA) is 58.6 Å². The molecule has 0 saturated heterocycles. The van der Waals surface area contributed by atoms with Gasteiger partial charge >= 0.3 is 5.97 Å². The van der Waals surface area contributed by atoms with E-state index in [2.05, 4.69) is 33.0 Å². The molecule has 1 atom stereocenters. The molecule has 0 aliphatic rings. The molecule has 1 aromatic heterocycles. The first-order valence-corrected chi connectivity index (χ1v) is 8.29. The highest BCUT2D eigenvalue weighted by Crippen LogP contribution is 2.25. The maximum Gasteiger partial charge on any atom is 0.341 e. The van der Waals surface area contributed by atoms with Gasteiger partial charge in [0.25, 0.3) is 0 Å². The number of hydrogen-bond donors (Lipinski definition) is 1. The minimum absolute atomic E-state index is 0.0913. The first kappa shape index (κ1) is 18.6. The molecule has 0 aromatic carbocycles. The lowest BCUT2D eigenvalue weighted by Gasteiger charge is -2.34. The minimum atomic E-state index is -0.407. The predicted molar refractivity (Wildman–Crippen MR) is 90.5 cm³/mol. The number of hydrogen-bond acceptors (Lipinski definition) is 5. The Hall–Kier alpha value is -1.40. The van der Waals surface area contributed by atoms with Crippen LogP contribution in [0, 0.1) is 5.41 Å². The average molecular weight is 326 g/mol. The van der Waals surface area contributed by atoms with E-state index < -0.39 is 5.97 Å². The van der Waals surface area contributed by atoms with Gasteiger partial charge in [0.1, 0.15) is 5.00 Å². The molecule has 1 unspecified atom stereocenters. The molecule has 0 aliphatic carbocycles. The molecule has 0 bridgehead atoms. The zero-order chi connectivity index (χ0) is 16.9. The molecule has 0 aliphatic heterocycles. The van der Waals surface area contributed by atoms with Gasteiger partial charge in [0.05, 0.1) is 18.7 Å². The molecular weight excluding hydrogens is 300 g/mol. The van der Waals surface area contributed by atoms with E-state index in [1.807, 2.05) is 11.9 Å². The number of ether oxygens (including phenoxy) is 1. The molecule has 0 fully saturated rings. The highest BCUT2D eigenvalue weighted by Gasteiger charge is 2.25. The number of amides is 1. The molecule has 5 nitrogen and oxygen atoms in total. The fourth-order valence-corrected chi connectivity index (χ4v) is 2.76. The molecule has 1 N–H and O–H groups in total. The Balaban J connectivity index is 2.67. The second-order valence-corrected chi connectivity index (χ2v) is 7.31. The van der Waals surface area contributed by atoms with Gasteiger partial charge in [0.15, 0.2) is 0 Å². The third-order valence-corrected chi connectivity index (χ3v) is 4.55. The fraction of sp³-hybridized carbons (Fsp3) is 0.625. The van der Waals surface area contributed by atoms with Crippen molar-refractivity contribution in [2.75, 3.05) is 25.5 Å². The number of likely N-dealkylation sites (N-methyl/N-ethyl adjacent to an activating group) is 1. The molecule has 124 valence electrons. The summed E-state index contributed by atoms with van der Waals surface area (Å²) in [5, 5.41) is 5.11. The third kappa shape index (κ3) is 5.10. The number of esters is 1. The van der Waals surface area contributed by atoms with E-state index >= 15 is 0 Å². The first-order chi connectivity index (χ1) is 10.2. The van der Waals surface area contributed by atoms with Crippen molar-refractivity contribution in [2.24, 2.45) is 5.41 Å². The summed E-state index contributed by atoms with van der Waals surface area (Å²) in [7, 11) is 1.93. The van der Waals surface area contributed by atoms with Crippen molar-refractivity contribution in [1.82, 2.24) is 4.90 Å². The van der Waals surface area contributed by atoms with Crippen LogP contribution >= 0.6 is 11.3 Å². The summed E-state index contributed by atoms with van der Waals surface area (Å²) < 4.78 is 4.98. The molecule has 22 heavy (non-hydrogen) atoms. The van der Waals surface area contributed by atoms with Crippen molar-refractivity contribution < 1.29 is 14.3 Å². The Labute approximate surface area is 136 Å². The van der Waals surface area contributed by atoms with E-state index in [-0.39, 0.29) is 23.9 Å². The lowest BCUT2D eigenvalue weighted by molar-refractivity contribution is -0.117. The van der Waals surface area contributed by atoms with Gasteiger partial charge in [0.2, 0.25) is 5.91 Å². The number of rotatable bonds is 6. The van der Waals surface area contributed by atoms with Crippen LogP contribution < -0.4 is 5.32 Å². The number of thiophene rings is 1. The van der Waals surface area contributed by atoms with E-state index in [9.17, 15) is 9.59 Å². The van der Waals surface area contributed by atoms with Crippen LogP contribution in [0.1, 0.15) is 45.0 Å². The van der Waals surface area contributed by atoms with Crippen LogP contribution in [0.2, 0.25) is 0 Å². The van der Waals surface area contributed by atoms with Gasteiger partial charge in [-0.2, -0.15) is 0 Å². The lowest BCUT2D eigenvalue weighted by atomic mass is 9.87. The summed E-state index contributed by atoms with van der Waals surface area (Å²) in [5.41, 5.74) is 0.500. The molecule has 0 radical (unpaired) electrons. The second kappa shape index (κ2) is 7.74. The zero-order valence-corrected chi connectivity index (χ0v) is 15.0. The minimum Gasteiger partial charge on any atom is -0.462 e. The van der Waals surface area contributed by atoms with E-state index in [1.54, 1.807) is 18.4 Å². The Morgan fingerprint density at radius 1 is 1.41 bits per heavy atom. The molecule has 1 aromatic rings. The highest BCUT2D eigenvalue weighted by atomic mass is 32.1. The van der Waals surface area contributed by atoms with Crippen LogP contribution in [-0.2, 0) is 9.53 Å². The van der Waals surface area contributed by atoms with Crippen molar-refractivity contribution in [3.8, 4) is 0 Å². The number of nitrogens with one attached hydrogen (secondary N) is 1. The quantitative estimate of drug-likeness (QED) is 0.815. The van der Waals surface area contributed by atoms with Crippen LogP contribution in [0.5, 0.6) is 0 Å². The smallest absolute Gasteiger partial charge is 0.341 e. The Morgan fingerprint density at radius 2 is 2.05 bits per heavy atom. The summed E-state index contributed by atoms with van der Waals surface area (Å²) in [6.07, 6.45) is 0. The monoisotopic (exact) mass is 326 g/mol.